The lowest BCUT2D eigenvalue weighted by Crippen LogP contribution is -2.21. The number of rotatable bonds is 36. The van der Waals surface area contributed by atoms with Crippen molar-refractivity contribution < 1.29 is 4.74 Å². The van der Waals surface area contributed by atoms with Crippen LogP contribution < -0.4 is 5.32 Å². The van der Waals surface area contributed by atoms with Crippen LogP contribution in [-0.2, 0) is 4.74 Å². The van der Waals surface area contributed by atoms with Gasteiger partial charge < -0.3 is 10.1 Å². The molecule has 0 saturated heterocycles. The van der Waals surface area contributed by atoms with Crippen LogP contribution in [0, 0.1) is 0 Å². The van der Waals surface area contributed by atoms with Gasteiger partial charge in [-0.15, -0.1) is 0 Å². The predicted octanol–water partition coefficient (Wildman–Crippen LogP) is 13.2. The molecule has 0 rings (SSSR count). The molecule has 0 aliphatic rings. The lowest BCUT2D eigenvalue weighted by Gasteiger charge is -2.06. The van der Waals surface area contributed by atoms with E-state index in [2.05, 4.69) is 55.6 Å². The number of unbranched alkanes of at least 4 members (excludes halogenated alkanes) is 23. The molecule has 0 aliphatic heterocycles. The molecular weight excluding hydrogens is 510 g/mol. The number of allylic oxidation sites excluding steroid dienone is 6. The largest absolute Gasteiger partial charge is 0.380 e. The molecule has 0 amide bonds. The summed E-state index contributed by atoms with van der Waals surface area (Å²) in [5.41, 5.74) is 0. The zero-order chi connectivity index (χ0) is 30.3. The zero-order valence-electron chi connectivity index (χ0n) is 29.0. The van der Waals surface area contributed by atoms with Crippen molar-refractivity contribution >= 4 is 0 Å². The summed E-state index contributed by atoms with van der Waals surface area (Å²) in [6, 6.07) is 0. The van der Waals surface area contributed by atoms with Crippen molar-refractivity contribution in [2.24, 2.45) is 0 Å². The van der Waals surface area contributed by atoms with Gasteiger partial charge in [0, 0.05) is 13.2 Å². The minimum Gasteiger partial charge on any atom is -0.380 e. The Labute approximate surface area is 266 Å². The van der Waals surface area contributed by atoms with Crippen molar-refractivity contribution in [1.29, 1.82) is 0 Å². The fourth-order valence-electron chi connectivity index (χ4n) is 5.41. The van der Waals surface area contributed by atoms with Crippen LogP contribution in [0.5, 0.6) is 0 Å². The average molecular weight is 588 g/mol. The molecule has 248 valence electrons. The Morgan fingerprint density at radius 1 is 0.357 bits per heavy atom. The second-order valence-corrected chi connectivity index (χ2v) is 12.6. The van der Waals surface area contributed by atoms with E-state index in [-0.39, 0.29) is 0 Å². The first-order valence-corrected chi connectivity index (χ1v) is 19.1. The first kappa shape index (κ1) is 41.1. The molecule has 0 aromatic heterocycles. The van der Waals surface area contributed by atoms with Gasteiger partial charge in [-0.3, -0.25) is 0 Å². The van der Waals surface area contributed by atoms with E-state index < -0.39 is 0 Å². The van der Waals surface area contributed by atoms with Gasteiger partial charge in [-0.25, -0.2) is 0 Å². The third kappa shape index (κ3) is 39.1. The van der Waals surface area contributed by atoms with E-state index in [1.54, 1.807) is 0 Å². The van der Waals surface area contributed by atoms with Crippen LogP contribution in [0.3, 0.4) is 0 Å². The van der Waals surface area contributed by atoms with E-state index in [1.165, 1.54) is 173 Å². The quantitative estimate of drug-likeness (QED) is 0.0581. The fourth-order valence-corrected chi connectivity index (χ4v) is 5.41. The van der Waals surface area contributed by atoms with Crippen LogP contribution >= 0.6 is 0 Å². The van der Waals surface area contributed by atoms with Crippen LogP contribution in [0.15, 0.2) is 36.5 Å². The Balaban J connectivity index is 3.11. The highest BCUT2D eigenvalue weighted by Crippen LogP contribution is 2.12. The van der Waals surface area contributed by atoms with Gasteiger partial charge in [0.15, 0.2) is 0 Å². The van der Waals surface area contributed by atoms with Crippen LogP contribution in [0.4, 0.5) is 0 Å². The van der Waals surface area contributed by atoms with Gasteiger partial charge in [-0.1, -0.05) is 159 Å². The zero-order valence-corrected chi connectivity index (χ0v) is 29.0. The molecule has 0 spiro atoms. The minimum absolute atomic E-state index is 0.871. The Kier molecular flexibility index (Phi) is 39.3. The molecule has 0 unspecified atom stereocenters. The standard InChI is InChI=1S/C40H77NO/c1-3-5-7-9-11-13-15-17-19-21-22-24-26-28-30-32-34-36-39-42-40-38-41-37-35-33-31-29-27-25-23-20-18-16-14-12-10-8-6-4-2/h12,14,17-20,41H,3-11,13,15-16,21-40H2,1-2H3/b14-12-,19-17-,20-18-. The maximum absolute atomic E-state index is 5.82. The molecular formula is C40H77NO. The molecule has 0 aliphatic carbocycles. The van der Waals surface area contributed by atoms with Gasteiger partial charge >= 0.3 is 0 Å². The summed E-state index contributed by atoms with van der Waals surface area (Å²) in [5.74, 6) is 0. The molecule has 0 fully saturated rings. The summed E-state index contributed by atoms with van der Waals surface area (Å²) in [6.07, 6.45) is 52.1. The van der Waals surface area contributed by atoms with Crippen molar-refractivity contribution in [2.75, 3.05) is 26.3 Å². The van der Waals surface area contributed by atoms with E-state index in [0.29, 0.717) is 0 Å². The summed E-state index contributed by atoms with van der Waals surface area (Å²) < 4.78 is 5.82. The molecule has 0 saturated carbocycles. The van der Waals surface area contributed by atoms with Gasteiger partial charge in [-0.2, -0.15) is 0 Å². The molecule has 1 N–H and O–H groups in total. The Morgan fingerprint density at radius 2 is 0.738 bits per heavy atom. The summed E-state index contributed by atoms with van der Waals surface area (Å²) >= 11 is 0. The SMILES string of the molecule is CCCCC/C=C\C/C=C\CCCCCCCCNCCOCCCCCCCCCC/C=C\CCCCCCCC. The van der Waals surface area contributed by atoms with Gasteiger partial charge in [0.2, 0.25) is 0 Å². The second kappa shape index (κ2) is 40.1. The van der Waals surface area contributed by atoms with Crippen molar-refractivity contribution in [2.45, 2.75) is 194 Å². The summed E-state index contributed by atoms with van der Waals surface area (Å²) in [7, 11) is 0. The van der Waals surface area contributed by atoms with Crippen LogP contribution in [0.1, 0.15) is 194 Å². The van der Waals surface area contributed by atoms with Crippen LogP contribution in [0.25, 0.3) is 0 Å². The number of nitrogens with one attached hydrogen (secondary N) is 1. The molecule has 0 bridgehead atoms. The van der Waals surface area contributed by atoms with E-state index in [9.17, 15) is 0 Å². The smallest absolute Gasteiger partial charge is 0.0590 e. The van der Waals surface area contributed by atoms with Gasteiger partial charge in [0.05, 0.1) is 6.61 Å². The molecule has 0 aromatic rings. The normalized spacial score (nSPS) is 12.1. The van der Waals surface area contributed by atoms with E-state index >= 15 is 0 Å². The second-order valence-electron chi connectivity index (χ2n) is 12.6. The Bertz CT molecular complexity index is 552. The van der Waals surface area contributed by atoms with Crippen molar-refractivity contribution in [3.05, 3.63) is 36.5 Å². The maximum atomic E-state index is 5.82. The lowest BCUT2D eigenvalue weighted by atomic mass is 10.1. The third-order valence-electron chi connectivity index (χ3n) is 8.28. The van der Waals surface area contributed by atoms with Crippen molar-refractivity contribution in [3.8, 4) is 0 Å². The van der Waals surface area contributed by atoms with Gasteiger partial charge in [-0.05, 0) is 77.2 Å². The molecule has 0 heterocycles. The number of hydrogen-bond acceptors (Lipinski definition) is 2. The first-order valence-electron chi connectivity index (χ1n) is 19.1. The highest BCUT2D eigenvalue weighted by Gasteiger charge is 1.95. The molecule has 0 aromatic carbocycles. The molecule has 42 heavy (non-hydrogen) atoms. The van der Waals surface area contributed by atoms with Crippen LogP contribution in [0.2, 0.25) is 0 Å². The average Bonchev–Trinajstić information content (AvgIpc) is 3.00. The summed E-state index contributed by atoms with van der Waals surface area (Å²) in [6.45, 7) is 8.53. The topological polar surface area (TPSA) is 21.3 Å². The van der Waals surface area contributed by atoms with Gasteiger partial charge in [0.25, 0.3) is 0 Å². The summed E-state index contributed by atoms with van der Waals surface area (Å²) in [4.78, 5) is 0. The fraction of sp³-hybridized carbons (Fsp3) is 0.850. The third-order valence-corrected chi connectivity index (χ3v) is 8.28. The molecule has 0 radical (unpaired) electrons. The number of ether oxygens (including phenoxy) is 1. The minimum atomic E-state index is 0.871. The Morgan fingerprint density at radius 3 is 1.26 bits per heavy atom. The maximum Gasteiger partial charge on any atom is 0.0590 e. The monoisotopic (exact) mass is 588 g/mol. The van der Waals surface area contributed by atoms with Crippen LogP contribution in [-0.4, -0.2) is 26.3 Å². The van der Waals surface area contributed by atoms with Crippen molar-refractivity contribution in [1.82, 2.24) is 5.32 Å². The Hall–Kier alpha value is -0.860. The predicted molar refractivity (Wildman–Crippen MR) is 192 cm³/mol. The summed E-state index contributed by atoms with van der Waals surface area (Å²) in [5, 5.41) is 3.55. The number of hydrogen-bond donors (Lipinski definition) is 1. The first-order chi connectivity index (χ1) is 20.9. The molecule has 2 nitrogen and oxygen atoms in total. The highest BCUT2D eigenvalue weighted by molar-refractivity contribution is 4.92. The lowest BCUT2D eigenvalue weighted by molar-refractivity contribution is 0.131. The van der Waals surface area contributed by atoms with Gasteiger partial charge in [0.1, 0.15) is 0 Å². The molecule has 0 atom stereocenters. The van der Waals surface area contributed by atoms with E-state index in [1.807, 2.05) is 0 Å². The van der Waals surface area contributed by atoms with E-state index in [4.69, 9.17) is 4.74 Å². The highest BCUT2D eigenvalue weighted by atomic mass is 16.5. The molecule has 2 heteroatoms. The van der Waals surface area contributed by atoms with E-state index in [0.717, 1.165) is 32.7 Å². The van der Waals surface area contributed by atoms with Crippen molar-refractivity contribution in [3.63, 3.8) is 0 Å².